The van der Waals surface area contributed by atoms with Gasteiger partial charge in [0.15, 0.2) is 0 Å². The number of hydrogen-bond acceptors (Lipinski definition) is 6. The van der Waals surface area contributed by atoms with Crippen molar-refractivity contribution in [3.8, 4) is 0 Å². The van der Waals surface area contributed by atoms with Crippen LogP contribution in [-0.4, -0.2) is 68.2 Å². The van der Waals surface area contributed by atoms with E-state index in [1.54, 1.807) is 27.9 Å². The van der Waals surface area contributed by atoms with Gasteiger partial charge in [-0.05, 0) is 42.0 Å². The van der Waals surface area contributed by atoms with E-state index in [-0.39, 0.29) is 55.5 Å². The molecule has 0 aliphatic carbocycles. The Labute approximate surface area is 255 Å². The van der Waals surface area contributed by atoms with Crippen LogP contribution in [0.5, 0.6) is 0 Å². The molecule has 3 aromatic rings. The average molecular weight is 604 g/mol. The van der Waals surface area contributed by atoms with E-state index >= 15 is 0 Å². The maximum atomic E-state index is 13.8. The Kier molecular flexibility index (Phi) is 9.66. The maximum absolute atomic E-state index is 13.8. The topological polar surface area (TPSA) is 138 Å². The Hall–Kier alpha value is -4.61. The fourth-order valence-corrected chi connectivity index (χ4v) is 5.75. The Morgan fingerprint density at radius 3 is 2.45 bits per heavy atom. The summed E-state index contributed by atoms with van der Waals surface area (Å²) in [5.41, 5.74) is 2.31. The summed E-state index contributed by atoms with van der Waals surface area (Å²) in [6.07, 6.45) is 3.61. The van der Waals surface area contributed by atoms with Crippen LogP contribution in [0.1, 0.15) is 56.0 Å². The third-order valence-corrected chi connectivity index (χ3v) is 8.21. The summed E-state index contributed by atoms with van der Waals surface area (Å²) in [6, 6.07) is 12.6. The van der Waals surface area contributed by atoms with Crippen molar-refractivity contribution in [3.63, 3.8) is 0 Å². The van der Waals surface area contributed by atoms with E-state index in [1.807, 2.05) is 44.2 Å². The molecule has 4 amide bonds. The fourth-order valence-electron chi connectivity index (χ4n) is 5.75. The van der Waals surface area contributed by atoms with Crippen LogP contribution in [0.4, 0.5) is 4.39 Å². The van der Waals surface area contributed by atoms with Crippen LogP contribution < -0.4 is 16.0 Å². The summed E-state index contributed by atoms with van der Waals surface area (Å²) < 4.78 is 14.9. The second-order valence-corrected chi connectivity index (χ2v) is 11.8. The molecular weight excluding hydrogens is 565 g/mol. The van der Waals surface area contributed by atoms with Gasteiger partial charge in [0.1, 0.15) is 29.6 Å². The van der Waals surface area contributed by atoms with E-state index in [2.05, 4.69) is 26.3 Å². The van der Waals surface area contributed by atoms with E-state index < -0.39 is 29.9 Å². The first-order chi connectivity index (χ1) is 21.2. The van der Waals surface area contributed by atoms with Gasteiger partial charge in [-0.15, -0.1) is 5.10 Å². The number of benzene rings is 2. The maximum Gasteiger partial charge on any atom is 0.243 e. The number of nitrogens with one attached hydrogen (secondary N) is 3. The molecule has 3 heterocycles. The van der Waals surface area contributed by atoms with Crippen molar-refractivity contribution in [2.45, 2.75) is 76.7 Å². The minimum absolute atomic E-state index is 0.104. The van der Waals surface area contributed by atoms with Gasteiger partial charge in [-0.3, -0.25) is 19.2 Å². The number of amides is 4. The number of nitrogens with zero attached hydrogens (tertiary/aromatic N) is 4. The van der Waals surface area contributed by atoms with E-state index in [0.717, 1.165) is 11.1 Å². The van der Waals surface area contributed by atoms with E-state index in [4.69, 9.17) is 0 Å². The van der Waals surface area contributed by atoms with Crippen LogP contribution in [0.25, 0.3) is 0 Å². The number of fused-ring (bicyclic) bond motifs is 5. The van der Waals surface area contributed by atoms with Crippen LogP contribution in [-0.2, 0) is 38.6 Å². The van der Waals surface area contributed by atoms with E-state index in [0.29, 0.717) is 25.0 Å². The van der Waals surface area contributed by atoms with Crippen molar-refractivity contribution in [1.82, 2.24) is 35.8 Å². The predicted molar refractivity (Wildman–Crippen MR) is 159 cm³/mol. The molecule has 12 heteroatoms. The van der Waals surface area contributed by atoms with Crippen molar-refractivity contribution in [2.24, 2.45) is 5.92 Å². The quantitative estimate of drug-likeness (QED) is 0.378. The average Bonchev–Trinajstić information content (AvgIpc) is 3.67. The summed E-state index contributed by atoms with van der Waals surface area (Å²) in [4.78, 5) is 55.6. The molecule has 44 heavy (non-hydrogen) atoms. The summed E-state index contributed by atoms with van der Waals surface area (Å²) in [5.74, 6) is -2.07. The number of aryl methyl sites for hydroxylation is 1. The standard InChI is InChI=1S/C32H38FN7O4/c1-20(2)29-32(44)35-26(15-22-7-4-3-5-8-22)30(42)34-17-24-18-40(38-37-24)25-16-27(31(43)36-29)39(19-25)28(41)10-6-9-21-11-13-23(33)14-12-21/h3-5,7-8,11-14,18,20,25-27,29H,6,9-10,15-17,19H2,1-2H3,(H,34,42)(H,35,44)(H,36,43)/t25-,26+,27-,29-/m0/s1. The Morgan fingerprint density at radius 1 is 0.977 bits per heavy atom. The van der Waals surface area contributed by atoms with Gasteiger partial charge < -0.3 is 20.9 Å². The third-order valence-electron chi connectivity index (χ3n) is 8.21. The van der Waals surface area contributed by atoms with E-state index in [1.165, 1.54) is 12.1 Å². The number of likely N-dealkylation sites (tertiary alicyclic amines) is 1. The lowest BCUT2D eigenvalue weighted by atomic mass is 10.00. The highest BCUT2D eigenvalue weighted by Crippen LogP contribution is 2.29. The van der Waals surface area contributed by atoms with Crippen LogP contribution in [0.3, 0.4) is 0 Å². The molecule has 2 aromatic carbocycles. The lowest BCUT2D eigenvalue weighted by Crippen LogP contribution is -2.58. The molecule has 1 aromatic heterocycles. The second-order valence-electron chi connectivity index (χ2n) is 11.8. The number of aromatic nitrogens is 3. The summed E-state index contributed by atoms with van der Waals surface area (Å²) in [5, 5.41) is 17.0. The van der Waals surface area contributed by atoms with Gasteiger partial charge in [0.2, 0.25) is 23.6 Å². The molecule has 1 fully saturated rings. The fraction of sp³-hybridized carbons (Fsp3) is 0.438. The Morgan fingerprint density at radius 2 is 1.73 bits per heavy atom. The zero-order chi connectivity index (χ0) is 31.2. The normalized spacial score (nSPS) is 22.5. The molecule has 0 saturated carbocycles. The van der Waals surface area contributed by atoms with Gasteiger partial charge in [0.05, 0.1) is 18.8 Å². The molecule has 4 bridgehead atoms. The molecule has 0 spiro atoms. The van der Waals surface area contributed by atoms with Crippen LogP contribution in [0.15, 0.2) is 60.8 Å². The summed E-state index contributed by atoms with van der Waals surface area (Å²) >= 11 is 0. The molecule has 0 radical (unpaired) electrons. The van der Waals surface area contributed by atoms with Gasteiger partial charge in [0, 0.05) is 25.8 Å². The molecule has 4 atom stereocenters. The van der Waals surface area contributed by atoms with Crippen molar-refractivity contribution in [1.29, 1.82) is 0 Å². The summed E-state index contributed by atoms with van der Waals surface area (Å²) in [7, 11) is 0. The lowest BCUT2D eigenvalue weighted by Gasteiger charge is -2.29. The third kappa shape index (κ3) is 7.47. The number of carbonyl (C=O) groups excluding carboxylic acids is 4. The molecule has 3 N–H and O–H groups in total. The lowest BCUT2D eigenvalue weighted by molar-refractivity contribution is -0.140. The van der Waals surface area contributed by atoms with Gasteiger partial charge >= 0.3 is 0 Å². The first-order valence-corrected chi connectivity index (χ1v) is 15.0. The summed E-state index contributed by atoms with van der Waals surface area (Å²) in [6.45, 7) is 3.99. The van der Waals surface area contributed by atoms with Gasteiger partial charge in [-0.2, -0.15) is 0 Å². The zero-order valence-electron chi connectivity index (χ0n) is 24.9. The van der Waals surface area contributed by atoms with Crippen LogP contribution >= 0.6 is 0 Å². The SMILES string of the molecule is CC(C)[C@@H]1NC(=O)[C@@H]2C[C@@H](CN2C(=O)CCCc2ccc(F)cc2)n2cc(nn2)CNC(=O)[C@@H](Cc2ccccc2)NC1=O. The minimum Gasteiger partial charge on any atom is -0.349 e. The molecule has 0 unspecified atom stereocenters. The highest BCUT2D eigenvalue weighted by atomic mass is 19.1. The minimum atomic E-state index is -0.925. The van der Waals surface area contributed by atoms with Crippen molar-refractivity contribution < 1.29 is 23.6 Å². The zero-order valence-corrected chi connectivity index (χ0v) is 24.9. The first-order valence-electron chi connectivity index (χ1n) is 15.0. The second kappa shape index (κ2) is 13.8. The van der Waals surface area contributed by atoms with Crippen molar-refractivity contribution in [3.05, 3.63) is 83.4 Å². The molecule has 5 rings (SSSR count). The van der Waals surface area contributed by atoms with Crippen LogP contribution in [0, 0.1) is 11.7 Å². The number of hydrogen-bond donors (Lipinski definition) is 3. The van der Waals surface area contributed by atoms with Gasteiger partial charge in [-0.1, -0.05) is 61.5 Å². The highest BCUT2D eigenvalue weighted by molar-refractivity contribution is 5.94. The van der Waals surface area contributed by atoms with Gasteiger partial charge in [-0.25, -0.2) is 9.07 Å². The molecule has 2 aliphatic heterocycles. The van der Waals surface area contributed by atoms with Crippen molar-refractivity contribution in [2.75, 3.05) is 6.54 Å². The van der Waals surface area contributed by atoms with Gasteiger partial charge in [0.25, 0.3) is 0 Å². The monoisotopic (exact) mass is 603 g/mol. The number of rotatable bonds is 7. The first kappa shape index (κ1) is 30.8. The largest absolute Gasteiger partial charge is 0.349 e. The number of halogens is 1. The van der Waals surface area contributed by atoms with Crippen LogP contribution in [0.2, 0.25) is 0 Å². The Bertz CT molecular complexity index is 1480. The number of carbonyl (C=O) groups is 4. The molecular formula is C32H38FN7O4. The van der Waals surface area contributed by atoms with Crippen molar-refractivity contribution >= 4 is 23.6 Å². The molecule has 11 nitrogen and oxygen atoms in total. The molecule has 1 saturated heterocycles. The Balaban J connectivity index is 1.36. The smallest absolute Gasteiger partial charge is 0.243 e. The molecule has 232 valence electrons. The highest BCUT2D eigenvalue weighted by Gasteiger charge is 2.42. The van der Waals surface area contributed by atoms with E-state index in [9.17, 15) is 23.6 Å². The molecule has 2 aliphatic rings. The predicted octanol–water partition coefficient (Wildman–Crippen LogP) is 2.08.